The summed E-state index contributed by atoms with van der Waals surface area (Å²) in [5.41, 5.74) is 0.987. The summed E-state index contributed by atoms with van der Waals surface area (Å²) in [7, 11) is 3.06. The zero-order chi connectivity index (χ0) is 24.1. The van der Waals surface area contributed by atoms with E-state index in [4.69, 9.17) is 14.2 Å². The van der Waals surface area contributed by atoms with Gasteiger partial charge in [0.2, 0.25) is 5.78 Å². The minimum atomic E-state index is -0.785. The molecule has 8 nitrogen and oxygen atoms in total. The molecule has 2 aliphatic rings. The number of rotatable bonds is 8. The van der Waals surface area contributed by atoms with Crippen molar-refractivity contribution in [2.75, 3.05) is 53.6 Å². The fraction of sp³-hybridized carbons (Fsp3) is 0.385. The van der Waals surface area contributed by atoms with Crippen LogP contribution in [0.4, 0.5) is 0 Å². The highest BCUT2D eigenvalue weighted by Gasteiger charge is 2.44. The second-order valence-electron chi connectivity index (χ2n) is 8.42. The molecule has 180 valence electrons. The number of ketones is 1. The van der Waals surface area contributed by atoms with Crippen LogP contribution in [0, 0.1) is 0 Å². The first-order chi connectivity index (χ1) is 16.5. The molecule has 0 aliphatic carbocycles. The Bertz CT molecular complexity index is 1060. The second-order valence-corrected chi connectivity index (χ2v) is 8.42. The van der Waals surface area contributed by atoms with Crippen LogP contribution in [0.3, 0.4) is 0 Å². The van der Waals surface area contributed by atoms with Gasteiger partial charge in [-0.2, -0.15) is 0 Å². The lowest BCUT2D eigenvalue weighted by atomic mass is 9.95. The normalized spacial score (nSPS) is 20.5. The molecule has 0 saturated carbocycles. The maximum atomic E-state index is 13.4. The molecule has 1 unspecified atom stereocenters. The quantitative estimate of drug-likeness (QED) is 0.340. The summed E-state index contributed by atoms with van der Waals surface area (Å²) in [6.45, 7) is 4.55. The number of likely N-dealkylation sites (tertiary alicyclic amines) is 1. The van der Waals surface area contributed by atoms with E-state index in [0.717, 1.165) is 32.8 Å². The topological polar surface area (TPSA) is 92.6 Å². The SMILES string of the molecule is COc1ccc(C2/C(=C(\[O-])c3ccccc3)C(=O)C(=O)N2CCC[NH+]2CCOCC2)cc1OC. The Morgan fingerprint density at radius 1 is 1.06 bits per heavy atom. The predicted octanol–water partition coefficient (Wildman–Crippen LogP) is 0.233. The zero-order valence-corrected chi connectivity index (χ0v) is 19.5. The smallest absolute Gasteiger partial charge is 0.295 e. The van der Waals surface area contributed by atoms with E-state index in [2.05, 4.69) is 0 Å². The van der Waals surface area contributed by atoms with Gasteiger partial charge in [0.05, 0.1) is 40.0 Å². The Morgan fingerprint density at radius 2 is 1.76 bits per heavy atom. The van der Waals surface area contributed by atoms with Crippen molar-refractivity contribution in [1.29, 1.82) is 0 Å². The Hall–Kier alpha value is -3.36. The summed E-state index contributed by atoms with van der Waals surface area (Å²) in [4.78, 5) is 29.2. The number of quaternary nitrogens is 1. The van der Waals surface area contributed by atoms with E-state index in [1.807, 2.05) is 0 Å². The highest BCUT2D eigenvalue weighted by Crippen LogP contribution is 2.41. The van der Waals surface area contributed by atoms with Crippen molar-refractivity contribution in [2.24, 2.45) is 0 Å². The summed E-state index contributed by atoms with van der Waals surface area (Å²) in [5.74, 6) is -0.820. The third kappa shape index (κ3) is 4.78. The number of nitrogens with one attached hydrogen (secondary N) is 1. The molecule has 2 fully saturated rings. The van der Waals surface area contributed by atoms with E-state index in [1.54, 1.807) is 48.5 Å². The van der Waals surface area contributed by atoms with E-state index >= 15 is 0 Å². The van der Waals surface area contributed by atoms with Gasteiger partial charge in [-0.15, -0.1) is 0 Å². The number of nitrogens with zero attached hydrogens (tertiary/aromatic N) is 1. The number of ether oxygens (including phenoxy) is 3. The van der Waals surface area contributed by atoms with E-state index in [1.165, 1.54) is 24.0 Å². The summed E-state index contributed by atoms with van der Waals surface area (Å²) in [6, 6.07) is 13.0. The van der Waals surface area contributed by atoms with E-state index in [9.17, 15) is 14.7 Å². The van der Waals surface area contributed by atoms with Gasteiger partial charge in [0.25, 0.3) is 5.91 Å². The average molecular weight is 467 g/mol. The zero-order valence-electron chi connectivity index (χ0n) is 19.5. The van der Waals surface area contributed by atoms with E-state index in [-0.39, 0.29) is 5.57 Å². The maximum absolute atomic E-state index is 13.4. The van der Waals surface area contributed by atoms with Crippen LogP contribution in [0.25, 0.3) is 5.76 Å². The minimum Gasteiger partial charge on any atom is -0.872 e. The Balaban J connectivity index is 1.70. The molecule has 8 heteroatoms. The van der Waals surface area contributed by atoms with E-state index in [0.29, 0.717) is 35.6 Å². The number of hydrogen-bond donors (Lipinski definition) is 1. The van der Waals surface area contributed by atoms with Crippen molar-refractivity contribution in [3.8, 4) is 11.5 Å². The van der Waals surface area contributed by atoms with Gasteiger partial charge in [-0.3, -0.25) is 9.59 Å². The largest absolute Gasteiger partial charge is 0.872 e. The Kier molecular flexibility index (Phi) is 7.49. The molecule has 2 aliphatic heterocycles. The number of amides is 1. The monoisotopic (exact) mass is 466 g/mol. The molecule has 0 radical (unpaired) electrons. The van der Waals surface area contributed by atoms with Crippen LogP contribution in [0.2, 0.25) is 0 Å². The van der Waals surface area contributed by atoms with Gasteiger partial charge >= 0.3 is 0 Å². The lowest BCUT2D eigenvalue weighted by Crippen LogP contribution is -3.14. The van der Waals surface area contributed by atoms with Crippen LogP contribution in [0.1, 0.15) is 23.6 Å². The molecule has 2 saturated heterocycles. The van der Waals surface area contributed by atoms with Crippen LogP contribution in [-0.2, 0) is 14.3 Å². The highest BCUT2D eigenvalue weighted by atomic mass is 16.5. The molecular weight excluding hydrogens is 436 g/mol. The lowest BCUT2D eigenvalue weighted by Gasteiger charge is -2.29. The molecule has 34 heavy (non-hydrogen) atoms. The molecule has 0 spiro atoms. The van der Waals surface area contributed by atoms with Gasteiger partial charge in [-0.05, 0) is 23.3 Å². The van der Waals surface area contributed by atoms with Crippen LogP contribution >= 0.6 is 0 Å². The fourth-order valence-corrected chi connectivity index (χ4v) is 4.62. The number of carbonyl (C=O) groups excluding carboxylic acids is 2. The number of Topliss-reactive ketones (excluding diaryl/α,β-unsaturated/α-hetero) is 1. The number of carbonyl (C=O) groups is 2. The minimum absolute atomic E-state index is 0.0258. The Labute approximate surface area is 199 Å². The summed E-state index contributed by atoms with van der Waals surface area (Å²) in [6.07, 6.45) is 0.713. The predicted molar refractivity (Wildman–Crippen MR) is 123 cm³/mol. The van der Waals surface area contributed by atoms with Gasteiger partial charge < -0.3 is 29.1 Å². The van der Waals surface area contributed by atoms with Gasteiger partial charge in [-0.1, -0.05) is 42.2 Å². The third-order valence-electron chi connectivity index (χ3n) is 6.42. The van der Waals surface area contributed by atoms with Crippen molar-refractivity contribution in [2.45, 2.75) is 12.5 Å². The van der Waals surface area contributed by atoms with Gasteiger partial charge in [-0.25, -0.2) is 0 Å². The van der Waals surface area contributed by atoms with Crippen molar-refractivity contribution >= 4 is 17.4 Å². The average Bonchev–Trinajstić information content (AvgIpc) is 3.14. The van der Waals surface area contributed by atoms with Gasteiger partial charge in [0, 0.05) is 18.5 Å². The standard InChI is InChI=1S/C26H30N2O6/c1-32-20-10-9-19(17-21(20)33-2)23-22(24(29)18-7-4-3-5-8-18)25(30)26(31)28(23)12-6-11-27-13-15-34-16-14-27/h3-5,7-10,17,23,29H,6,11-16H2,1-2H3/b24-22+. The highest BCUT2D eigenvalue weighted by molar-refractivity contribution is 6.46. The van der Waals surface area contributed by atoms with Crippen molar-refractivity contribution < 1.29 is 33.8 Å². The summed E-state index contributed by atoms with van der Waals surface area (Å²) in [5, 5.41) is 13.4. The molecule has 0 bridgehead atoms. The molecule has 2 heterocycles. The second kappa shape index (κ2) is 10.7. The Morgan fingerprint density at radius 3 is 2.44 bits per heavy atom. The first-order valence-electron chi connectivity index (χ1n) is 11.5. The fourth-order valence-electron chi connectivity index (χ4n) is 4.62. The molecule has 4 rings (SSSR count). The van der Waals surface area contributed by atoms with Crippen LogP contribution < -0.4 is 19.5 Å². The van der Waals surface area contributed by atoms with Gasteiger partial charge in [0.1, 0.15) is 13.1 Å². The molecule has 2 aromatic carbocycles. The number of methoxy groups -OCH3 is 2. The van der Waals surface area contributed by atoms with Crippen LogP contribution in [-0.4, -0.2) is 70.2 Å². The first-order valence-corrected chi connectivity index (χ1v) is 11.5. The summed E-state index contributed by atoms with van der Waals surface area (Å²) < 4.78 is 16.2. The van der Waals surface area contributed by atoms with Crippen LogP contribution in [0.15, 0.2) is 54.1 Å². The molecule has 2 aromatic rings. The van der Waals surface area contributed by atoms with Crippen molar-refractivity contribution in [1.82, 2.24) is 4.90 Å². The van der Waals surface area contributed by atoms with Crippen LogP contribution in [0.5, 0.6) is 11.5 Å². The summed E-state index contributed by atoms with van der Waals surface area (Å²) >= 11 is 0. The van der Waals surface area contributed by atoms with E-state index < -0.39 is 23.5 Å². The molecule has 1 amide bonds. The first kappa shape index (κ1) is 23.8. The number of hydrogen-bond acceptors (Lipinski definition) is 6. The molecule has 1 N–H and O–H groups in total. The number of morpholine rings is 1. The lowest BCUT2D eigenvalue weighted by molar-refractivity contribution is -0.908. The van der Waals surface area contributed by atoms with Crippen molar-refractivity contribution in [3.05, 3.63) is 65.2 Å². The third-order valence-corrected chi connectivity index (χ3v) is 6.42. The maximum Gasteiger partial charge on any atom is 0.295 e. The van der Waals surface area contributed by atoms with Crippen molar-refractivity contribution in [3.63, 3.8) is 0 Å². The van der Waals surface area contributed by atoms with Gasteiger partial charge in [0.15, 0.2) is 11.5 Å². The number of benzene rings is 2. The molecular formula is C26H30N2O6. The molecule has 1 atom stereocenters. The molecule has 0 aromatic heterocycles.